The molecule has 0 saturated carbocycles. The number of likely N-dealkylation sites (tertiary alicyclic amines) is 1. The summed E-state index contributed by atoms with van der Waals surface area (Å²) in [5, 5.41) is 11.3. The molecule has 2 aliphatic rings. The summed E-state index contributed by atoms with van der Waals surface area (Å²) in [6, 6.07) is 12.6. The van der Waals surface area contributed by atoms with Gasteiger partial charge in [-0.1, -0.05) is 37.6 Å². The normalized spacial score (nSPS) is 19.4. The van der Waals surface area contributed by atoms with E-state index in [4.69, 9.17) is 9.47 Å². The van der Waals surface area contributed by atoms with E-state index < -0.39 is 17.7 Å². The van der Waals surface area contributed by atoms with Crippen LogP contribution in [-0.2, 0) is 27.2 Å². The van der Waals surface area contributed by atoms with Gasteiger partial charge in [0.05, 0.1) is 24.8 Å². The fourth-order valence-corrected chi connectivity index (χ4v) is 4.76. The summed E-state index contributed by atoms with van der Waals surface area (Å²) < 4.78 is 11.0. The van der Waals surface area contributed by atoms with Crippen molar-refractivity contribution in [2.75, 3.05) is 26.9 Å². The number of methoxy groups -OCH3 is 1. The number of rotatable bonds is 9. The molecule has 1 aliphatic carbocycles. The summed E-state index contributed by atoms with van der Waals surface area (Å²) in [5.41, 5.74) is 3.94. The van der Waals surface area contributed by atoms with Crippen LogP contribution in [0, 0.1) is 0 Å². The maximum Gasteiger partial charge on any atom is 0.295 e. The van der Waals surface area contributed by atoms with Crippen LogP contribution in [-0.4, -0.2) is 48.6 Å². The fourth-order valence-electron chi connectivity index (χ4n) is 4.76. The summed E-state index contributed by atoms with van der Waals surface area (Å²) in [6.07, 6.45) is 6.30. The van der Waals surface area contributed by atoms with Crippen molar-refractivity contribution in [3.63, 3.8) is 0 Å². The van der Waals surface area contributed by atoms with Crippen LogP contribution in [0.3, 0.4) is 0 Å². The van der Waals surface area contributed by atoms with Gasteiger partial charge in [-0.15, -0.1) is 0 Å². The van der Waals surface area contributed by atoms with Gasteiger partial charge < -0.3 is 19.5 Å². The zero-order valence-corrected chi connectivity index (χ0v) is 20.0. The number of carbonyl (C=O) groups excluding carboxylic acids is 2. The SMILES string of the molecule is CCCCOc1ccc(C2/C(=C(/O)c3ccc4c(c3)CCCC4)C(=O)C(=O)N2CCOC)cc1. The standard InChI is InChI=1S/C28H33NO5/c1-3-4-16-34-23-13-11-20(12-14-23)25-24(27(31)28(32)29(25)15-17-33-2)26(30)22-10-9-19-7-5-6-8-21(19)18-22/h9-14,18,25,30H,3-8,15-17H2,1-2H3/b26-24-. The molecule has 0 radical (unpaired) electrons. The second kappa shape index (κ2) is 10.9. The number of amides is 1. The summed E-state index contributed by atoms with van der Waals surface area (Å²) >= 11 is 0. The maximum absolute atomic E-state index is 13.1. The van der Waals surface area contributed by atoms with E-state index in [9.17, 15) is 14.7 Å². The third-order valence-corrected chi connectivity index (χ3v) is 6.66. The number of hydrogen-bond donors (Lipinski definition) is 1. The predicted molar refractivity (Wildman–Crippen MR) is 131 cm³/mol. The van der Waals surface area contributed by atoms with Gasteiger partial charge in [0.2, 0.25) is 0 Å². The Labute approximate surface area is 201 Å². The Kier molecular flexibility index (Phi) is 7.68. The average Bonchev–Trinajstić information content (AvgIpc) is 3.12. The van der Waals surface area contributed by atoms with E-state index in [1.807, 2.05) is 42.5 Å². The van der Waals surface area contributed by atoms with Gasteiger partial charge in [-0.05, 0) is 67.0 Å². The first kappa shape index (κ1) is 24.0. The fraction of sp³-hybridized carbons (Fsp3) is 0.429. The Bertz CT molecular complexity index is 1070. The summed E-state index contributed by atoms with van der Waals surface area (Å²) in [4.78, 5) is 27.6. The van der Waals surface area contributed by atoms with Crippen LogP contribution < -0.4 is 4.74 Å². The third-order valence-electron chi connectivity index (χ3n) is 6.66. The van der Waals surface area contributed by atoms with Crippen LogP contribution in [0.15, 0.2) is 48.0 Å². The summed E-state index contributed by atoms with van der Waals surface area (Å²) in [6.45, 7) is 3.29. The maximum atomic E-state index is 13.1. The Morgan fingerprint density at radius 3 is 2.47 bits per heavy atom. The summed E-state index contributed by atoms with van der Waals surface area (Å²) in [7, 11) is 1.56. The van der Waals surface area contributed by atoms with Gasteiger partial charge in [-0.3, -0.25) is 9.59 Å². The molecular weight excluding hydrogens is 430 g/mol. The lowest BCUT2D eigenvalue weighted by Gasteiger charge is -2.25. The number of nitrogens with zero attached hydrogens (tertiary/aromatic N) is 1. The van der Waals surface area contributed by atoms with E-state index in [1.165, 1.54) is 22.4 Å². The van der Waals surface area contributed by atoms with E-state index in [1.54, 1.807) is 7.11 Å². The first-order valence-corrected chi connectivity index (χ1v) is 12.2. The van der Waals surface area contributed by atoms with Crippen molar-refractivity contribution in [3.05, 3.63) is 70.3 Å². The van der Waals surface area contributed by atoms with Crippen LogP contribution in [0.4, 0.5) is 0 Å². The summed E-state index contributed by atoms with van der Waals surface area (Å²) in [5.74, 6) is -0.676. The number of fused-ring (bicyclic) bond motifs is 1. The van der Waals surface area contributed by atoms with Crippen molar-refractivity contribution in [2.45, 2.75) is 51.5 Å². The van der Waals surface area contributed by atoms with Crippen LogP contribution in [0.1, 0.15) is 60.9 Å². The van der Waals surface area contributed by atoms with Crippen molar-refractivity contribution in [1.29, 1.82) is 0 Å². The molecule has 2 aromatic carbocycles. The molecular formula is C28H33NO5. The highest BCUT2D eigenvalue weighted by Gasteiger charge is 2.45. The van der Waals surface area contributed by atoms with E-state index in [0.717, 1.165) is 43.4 Å². The largest absolute Gasteiger partial charge is 0.507 e. The number of aliphatic hydroxyl groups is 1. The van der Waals surface area contributed by atoms with Crippen LogP contribution in [0.5, 0.6) is 5.75 Å². The first-order valence-electron chi connectivity index (χ1n) is 12.2. The molecule has 6 nitrogen and oxygen atoms in total. The topological polar surface area (TPSA) is 76.1 Å². The number of Topliss-reactive ketones (excluding diaryl/α,β-unsaturated/α-hetero) is 1. The molecule has 1 amide bonds. The van der Waals surface area contributed by atoms with E-state index in [-0.39, 0.29) is 17.9 Å². The number of hydrogen-bond acceptors (Lipinski definition) is 5. The zero-order chi connectivity index (χ0) is 24.1. The molecule has 1 atom stereocenters. The number of aliphatic hydroxyl groups excluding tert-OH is 1. The molecule has 2 aromatic rings. The van der Waals surface area contributed by atoms with Gasteiger partial charge >= 0.3 is 0 Å². The number of benzene rings is 2. The molecule has 4 rings (SSSR count). The van der Waals surface area contributed by atoms with Crippen molar-refractivity contribution in [1.82, 2.24) is 4.90 Å². The third kappa shape index (κ3) is 4.87. The van der Waals surface area contributed by atoms with E-state index in [2.05, 4.69) is 6.92 Å². The van der Waals surface area contributed by atoms with Crippen LogP contribution >= 0.6 is 0 Å². The number of carbonyl (C=O) groups is 2. The highest BCUT2D eigenvalue weighted by Crippen LogP contribution is 2.40. The molecule has 0 aromatic heterocycles. The molecule has 1 aliphatic heterocycles. The molecule has 34 heavy (non-hydrogen) atoms. The molecule has 0 bridgehead atoms. The van der Waals surface area contributed by atoms with Crippen molar-refractivity contribution < 1.29 is 24.2 Å². The smallest absolute Gasteiger partial charge is 0.295 e. The van der Waals surface area contributed by atoms with Crippen LogP contribution in [0.25, 0.3) is 5.76 Å². The van der Waals surface area contributed by atoms with Gasteiger partial charge in [0.15, 0.2) is 0 Å². The predicted octanol–water partition coefficient (Wildman–Crippen LogP) is 4.81. The lowest BCUT2D eigenvalue weighted by atomic mass is 9.88. The number of ketones is 1. The minimum Gasteiger partial charge on any atom is -0.507 e. The average molecular weight is 464 g/mol. The van der Waals surface area contributed by atoms with Gasteiger partial charge in [0.25, 0.3) is 11.7 Å². The Hall–Kier alpha value is -3.12. The van der Waals surface area contributed by atoms with Gasteiger partial charge in [0, 0.05) is 19.2 Å². The molecule has 0 spiro atoms. The Morgan fingerprint density at radius 2 is 1.76 bits per heavy atom. The molecule has 1 saturated heterocycles. The van der Waals surface area contributed by atoms with E-state index in [0.29, 0.717) is 18.8 Å². The van der Waals surface area contributed by atoms with Crippen LogP contribution in [0.2, 0.25) is 0 Å². The number of aryl methyl sites for hydroxylation is 2. The minimum absolute atomic E-state index is 0.122. The second-order valence-corrected chi connectivity index (χ2v) is 8.95. The monoisotopic (exact) mass is 463 g/mol. The Morgan fingerprint density at radius 1 is 1.03 bits per heavy atom. The Balaban J connectivity index is 1.73. The van der Waals surface area contributed by atoms with Gasteiger partial charge in [-0.2, -0.15) is 0 Å². The van der Waals surface area contributed by atoms with Crippen molar-refractivity contribution in [3.8, 4) is 5.75 Å². The van der Waals surface area contributed by atoms with Gasteiger partial charge in [-0.25, -0.2) is 0 Å². The molecule has 1 N–H and O–H groups in total. The molecule has 6 heteroatoms. The van der Waals surface area contributed by atoms with E-state index >= 15 is 0 Å². The lowest BCUT2D eigenvalue weighted by molar-refractivity contribution is -0.140. The van der Waals surface area contributed by atoms with Crippen molar-refractivity contribution in [2.24, 2.45) is 0 Å². The van der Waals surface area contributed by atoms with Crippen molar-refractivity contribution >= 4 is 17.4 Å². The van der Waals surface area contributed by atoms with Gasteiger partial charge in [0.1, 0.15) is 11.5 Å². The quantitative estimate of drug-likeness (QED) is 0.250. The highest BCUT2D eigenvalue weighted by molar-refractivity contribution is 6.46. The molecule has 180 valence electrons. The zero-order valence-electron chi connectivity index (χ0n) is 20.0. The highest BCUT2D eigenvalue weighted by atomic mass is 16.5. The number of ether oxygens (including phenoxy) is 2. The lowest BCUT2D eigenvalue weighted by Crippen LogP contribution is -2.32. The first-order chi connectivity index (χ1) is 16.5. The second-order valence-electron chi connectivity index (χ2n) is 8.95. The number of unbranched alkanes of at least 4 members (excludes halogenated alkanes) is 1. The minimum atomic E-state index is -0.684. The molecule has 1 unspecified atom stereocenters. The molecule has 1 fully saturated rings. The molecule has 1 heterocycles.